The fraction of sp³-hybridized carbons (Fsp3) is 0.188. The van der Waals surface area contributed by atoms with Crippen molar-refractivity contribution < 1.29 is 14.1 Å². The van der Waals surface area contributed by atoms with Gasteiger partial charge in [-0.25, -0.2) is 0 Å². The SMILES string of the molecule is COc1ccc(CC(=O)NCc2noc(-c3cccs3)n2)cc1Cl. The van der Waals surface area contributed by atoms with E-state index in [1.54, 1.807) is 25.3 Å². The van der Waals surface area contributed by atoms with Gasteiger partial charge in [-0.3, -0.25) is 4.79 Å². The highest BCUT2D eigenvalue weighted by Gasteiger charge is 2.11. The number of amides is 1. The lowest BCUT2D eigenvalue weighted by Gasteiger charge is -2.06. The van der Waals surface area contributed by atoms with Crippen LogP contribution in [0.2, 0.25) is 5.02 Å². The molecule has 0 aliphatic rings. The summed E-state index contributed by atoms with van der Waals surface area (Å²) < 4.78 is 10.3. The van der Waals surface area contributed by atoms with E-state index in [1.165, 1.54) is 11.3 Å². The molecule has 1 N–H and O–H groups in total. The number of rotatable bonds is 6. The molecule has 3 aromatic rings. The molecule has 0 saturated carbocycles. The Bertz CT molecular complexity index is 833. The van der Waals surface area contributed by atoms with E-state index in [-0.39, 0.29) is 18.9 Å². The minimum Gasteiger partial charge on any atom is -0.495 e. The number of nitrogens with zero attached hydrogens (tertiary/aromatic N) is 2. The van der Waals surface area contributed by atoms with Crippen LogP contribution in [0, 0.1) is 0 Å². The van der Waals surface area contributed by atoms with Crippen LogP contribution < -0.4 is 10.1 Å². The molecule has 6 nitrogen and oxygen atoms in total. The van der Waals surface area contributed by atoms with E-state index in [4.69, 9.17) is 20.9 Å². The highest BCUT2D eigenvalue weighted by atomic mass is 35.5. The standard InChI is InChI=1S/C16H14ClN3O3S/c1-22-12-5-4-10(7-11(12)17)8-15(21)18-9-14-19-16(23-20-14)13-3-2-6-24-13/h2-7H,8-9H2,1H3,(H,18,21). The number of carbonyl (C=O) groups excluding carboxylic acids is 1. The van der Waals surface area contributed by atoms with E-state index in [1.807, 2.05) is 17.5 Å². The van der Waals surface area contributed by atoms with Crippen molar-refractivity contribution in [3.63, 3.8) is 0 Å². The number of hydrogen-bond donors (Lipinski definition) is 1. The van der Waals surface area contributed by atoms with Gasteiger partial charge in [-0.2, -0.15) is 4.98 Å². The molecule has 0 saturated heterocycles. The van der Waals surface area contributed by atoms with Crippen molar-refractivity contribution in [1.29, 1.82) is 0 Å². The molecule has 124 valence electrons. The van der Waals surface area contributed by atoms with Crippen LogP contribution in [0.4, 0.5) is 0 Å². The molecule has 2 heterocycles. The molecule has 0 fully saturated rings. The molecule has 2 aromatic heterocycles. The van der Waals surface area contributed by atoms with Gasteiger partial charge in [-0.1, -0.05) is 28.9 Å². The van der Waals surface area contributed by atoms with Crippen molar-refractivity contribution in [2.24, 2.45) is 0 Å². The normalized spacial score (nSPS) is 10.6. The molecule has 0 bridgehead atoms. The molecule has 24 heavy (non-hydrogen) atoms. The highest BCUT2D eigenvalue weighted by molar-refractivity contribution is 7.13. The number of ether oxygens (including phenoxy) is 1. The minimum absolute atomic E-state index is 0.154. The van der Waals surface area contributed by atoms with Gasteiger partial charge in [-0.05, 0) is 29.1 Å². The Kier molecular flexibility index (Phi) is 5.12. The number of methoxy groups -OCH3 is 1. The van der Waals surface area contributed by atoms with Crippen molar-refractivity contribution in [2.45, 2.75) is 13.0 Å². The van der Waals surface area contributed by atoms with E-state index < -0.39 is 0 Å². The van der Waals surface area contributed by atoms with Crippen LogP contribution in [0.1, 0.15) is 11.4 Å². The molecular formula is C16H14ClN3O3S. The topological polar surface area (TPSA) is 77.2 Å². The van der Waals surface area contributed by atoms with Crippen molar-refractivity contribution in [3.8, 4) is 16.5 Å². The molecule has 0 aliphatic carbocycles. The molecule has 0 radical (unpaired) electrons. The zero-order chi connectivity index (χ0) is 16.9. The van der Waals surface area contributed by atoms with Gasteiger partial charge in [0.1, 0.15) is 5.75 Å². The maximum Gasteiger partial charge on any atom is 0.268 e. The average Bonchev–Trinajstić information content (AvgIpc) is 3.24. The first kappa shape index (κ1) is 16.5. The van der Waals surface area contributed by atoms with Crippen molar-refractivity contribution in [2.75, 3.05) is 7.11 Å². The molecule has 0 unspecified atom stereocenters. The van der Waals surface area contributed by atoms with Gasteiger partial charge < -0.3 is 14.6 Å². The molecule has 1 aromatic carbocycles. The number of thiophene rings is 1. The number of carbonyl (C=O) groups is 1. The van der Waals surface area contributed by atoms with Gasteiger partial charge in [-0.15, -0.1) is 11.3 Å². The van der Waals surface area contributed by atoms with Crippen LogP contribution in [0.15, 0.2) is 40.2 Å². The summed E-state index contributed by atoms with van der Waals surface area (Å²) in [5, 5.41) is 9.02. The average molecular weight is 364 g/mol. The molecule has 0 aliphatic heterocycles. The van der Waals surface area contributed by atoms with Crippen molar-refractivity contribution in [1.82, 2.24) is 15.5 Å². The number of benzene rings is 1. The lowest BCUT2D eigenvalue weighted by molar-refractivity contribution is -0.120. The van der Waals surface area contributed by atoms with Crippen LogP contribution in [-0.4, -0.2) is 23.2 Å². The third-order valence-electron chi connectivity index (χ3n) is 3.22. The maximum atomic E-state index is 12.0. The Hall–Kier alpha value is -2.38. The quantitative estimate of drug-likeness (QED) is 0.727. The van der Waals surface area contributed by atoms with Crippen LogP contribution in [0.3, 0.4) is 0 Å². The van der Waals surface area contributed by atoms with Gasteiger partial charge in [0.15, 0.2) is 5.82 Å². The predicted octanol–water partition coefficient (Wildman–Crippen LogP) is 3.32. The zero-order valence-corrected chi connectivity index (χ0v) is 14.4. The monoisotopic (exact) mass is 363 g/mol. The number of hydrogen-bond acceptors (Lipinski definition) is 6. The number of halogens is 1. The van der Waals surface area contributed by atoms with Gasteiger partial charge in [0.05, 0.1) is 30.0 Å². The summed E-state index contributed by atoms with van der Waals surface area (Å²) in [5.74, 6) is 1.31. The first-order valence-electron chi connectivity index (χ1n) is 7.11. The van der Waals surface area contributed by atoms with E-state index in [0.717, 1.165) is 10.4 Å². The fourth-order valence-corrected chi connectivity index (χ4v) is 3.00. The highest BCUT2D eigenvalue weighted by Crippen LogP contribution is 2.25. The summed E-state index contributed by atoms with van der Waals surface area (Å²) in [6, 6.07) is 9.05. The van der Waals surface area contributed by atoms with E-state index in [9.17, 15) is 4.79 Å². The van der Waals surface area contributed by atoms with Crippen molar-refractivity contribution in [3.05, 3.63) is 52.1 Å². The second-order valence-electron chi connectivity index (χ2n) is 4.92. The second-order valence-corrected chi connectivity index (χ2v) is 6.27. The van der Waals surface area contributed by atoms with Crippen LogP contribution >= 0.6 is 22.9 Å². The Balaban J connectivity index is 1.55. The first-order chi connectivity index (χ1) is 11.7. The lowest BCUT2D eigenvalue weighted by Crippen LogP contribution is -2.25. The van der Waals surface area contributed by atoms with Crippen LogP contribution in [0.5, 0.6) is 5.75 Å². The summed E-state index contributed by atoms with van der Waals surface area (Å²) in [4.78, 5) is 17.2. The summed E-state index contributed by atoms with van der Waals surface area (Å²) >= 11 is 7.56. The first-order valence-corrected chi connectivity index (χ1v) is 8.37. The smallest absolute Gasteiger partial charge is 0.268 e. The van der Waals surface area contributed by atoms with Gasteiger partial charge in [0, 0.05) is 0 Å². The number of nitrogens with one attached hydrogen (secondary N) is 1. The Labute approximate surface area is 147 Å². The lowest BCUT2D eigenvalue weighted by atomic mass is 10.1. The summed E-state index contributed by atoms with van der Waals surface area (Å²) in [6.45, 7) is 0.206. The van der Waals surface area contributed by atoms with E-state index in [2.05, 4.69) is 15.5 Å². The van der Waals surface area contributed by atoms with Crippen LogP contribution in [-0.2, 0) is 17.8 Å². The van der Waals surface area contributed by atoms with Crippen molar-refractivity contribution >= 4 is 28.8 Å². The van der Waals surface area contributed by atoms with Gasteiger partial charge in [0.25, 0.3) is 5.89 Å². The molecule has 0 atom stereocenters. The zero-order valence-electron chi connectivity index (χ0n) is 12.8. The Morgan fingerprint density at radius 1 is 1.42 bits per heavy atom. The molecule has 3 rings (SSSR count). The summed E-state index contributed by atoms with van der Waals surface area (Å²) in [5.41, 5.74) is 0.797. The second kappa shape index (κ2) is 7.46. The Morgan fingerprint density at radius 2 is 2.29 bits per heavy atom. The van der Waals surface area contributed by atoms with Gasteiger partial charge in [0.2, 0.25) is 5.91 Å². The number of aromatic nitrogens is 2. The fourth-order valence-electron chi connectivity index (χ4n) is 2.07. The maximum absolute atomic E-state index is 12.0. The molecular weight excluding hydrogens is 350 g/mol. The largest absolute Gasteiger partial charge is 0.495 e. The third kappa shape index (κ3) is 3.93. The third-order valence-corrected chi connectivity index (χ3v) is 4.38. The summed E-state index contributed by atoms with van der Waals surface area (Å²) in [7, 11) is 1.54. The molecule has 0 spiro atoms. The molecule has 8 heteroatoms. The minimum atomic E-state index is -0.154. The summed E-state index contributed by atoms with van der Waals surface area (Å²) in [6.07, 6.45) is 0.208. The molecule has 1 amide bonds. The predicted molar refractivity (Wildman–Crippen MR) is 91.2 cm³/mol. The Morgan fingerprint density at radius 3 is 3.00 bits per heavy atom. The van der Waals surface area contributed by atoms with Crippen LogP contribution in [0.25, 0.3) is 10.8 Å². The van der Waals surface area contributed by atoms with E-state index >= 15 is 0 Å². The van der Waals surface area contributed by atoms with Gasteiger partial charge >= 0.3 is 0 Å². The van der Waals surface area contributed by atoms with E-state index in [0.29, 0.717) is 22.5 Å².